The van der Waals surface area contributed by atoms with E-state index in [9.17, 15) is 0 Å². The fraction of sp³-hybridized carbons (Fsp3) is 0.529. The normalized spacial score (nSPS) is 21.3. The predicted molar refractivity (Wildman–Crippen MR) is 81.2 cm³/mol. The molecule has 0 amide bonds. The van der Waals surface area contributed by atoms with Crippen LogP contribution in [0.4, 0.5) is 0 Å². The Balaban J connectivity index is 1.83. The van der Waals surface area contributed by atoms with Gasteiger partial charge < -0.3 is 4.98 Å². The summed E-state index contributed by atoms with van der Waals surface area (Å²) in [6, 6.07) is 9.38. The number of aromatic nitrogens is 1. The van der Waals surface area contributed by atoms with E-state index in [-0.39, 0.29) is 0 Å². The number of nitrogens with zero attached hydrogens (tertiary/aromatic N) is 1. The molecule has 0 aliphatic carbocycles. The third-order valence-electron chi connectivity index (χ3n) is 4.48. The van der Waals surface area contributed by atoms with Crippen LogP contribution in [-0.2, 0) is 6.54 Å². The summed E-state index contributed by atoms with van der Waals surface area (Å²) in [6.45, 7) is 7.06. The van der Waals surface area contributed by atoms with E-state index in [4.69, 9.17) is 0 Å². The maximum Gasteiger partial charge on any atom is 0.0457 e. The van der Waals surface area contributed by atoms with Gasteiger partial charge in [-0.25, -0.2) is 0 Å². The molecule has 2 aromatic rings. The summed E-state index contributed by atoms with van der Waals surface area (Å²) in [4.78, 5) is 6.08. The highest BCUT2D eigenvalue weighted by Gasteiger charge is 2.25. The SMILES string of the molecule is CC(C)C1CCCCN1Cc1c[nH]c2ccccc12. The van der Waals surface area contributed by atoms with E-state index in [1.54, 1.807) is 0 Å². The molecule has 3 rings (SSSR count). The molecular weight excluding hydrogens is 232 g/mol. The molecule has 1 aromatic carbocycles. The zero-order valence-corrected chi connectivity index (χ0v) is 12.0. The Kier molecular flexibility index (Phi) is 3.61. The molecule has 1 aliphatic rings. The standard InChI is InChI=1S/C17H24N2/c1-13(2)17-9-5-6-10-19(17)12-14-11-18-16-8-4-3-7-15(14)16/h3-4,7-8,11,13,17-18H,5-6,9-10,12H2,1-2H3. The molecule has 2 nitrogen and oxygen atoms in total. The van der Waals surface area contributed by atoms with Gasteiger partial charge in [0, 0.05) is 29.7 Å². The van der Waals surface area contributed by atoms with Crippen molar-refractivity contribution >= 4 is 10.9 Å². The van der Waals surface area contributed by atoms with Crippen molar-refractivity contribution in [2.75, 3.05) is 6.54 Å². The summed E-state index contributed by atoms with van der Waals surface area (Å²) in [6.07, 6.45) is 6.30. The molecule has 1 aliphatic heterocycles. The number of para-hydroxylation sites is 1. The second-order valence-corrected chi connectivity index (χ2v) is 6.14. The molecule has 19 heavy (non-hydrogen) atoms. The second kappa shape index (κ2) is 5.38. The highest BCUT2D eigenvalue weighted by atomic mass is 15.2. The quantitative estimate of drug-likeness (QED) is 0.873. The number of aromatic amines is 1. The fourth-order valence-electron chi connectivity index (χ4n) is 3.45. The van der Waals surface area contributed by atoms with Gasteiger partial charge in [0.25, 0.3) is 0 Å². The van der Waals surface area contributed by atoms with Crippen LogP contribution in [0.25, 0.3) is 10.9 Å². The van der Waals surface area contributed by atoms with Crippen LogP contribution in [0.5, 0.6) is 0 Å². The molecule has 102 valence electrons. The summed E-state index contributed by atoms with van der Waals surface area (Å²) < 4.78 is 0. The number of nitrogens with one attached hydrogen (secondary N) is 1. The molecule has 2 heteroatoms. The first-order valence-corrected chi connectivity index (χ1v) is 7.55. The molecular formula is C17H24N2. The lowest BCUT2D eigenvalue weighted by Crippen LogP contribution is -2.42. The Morgan fingerprint density at radius 2 is 2.11 bits per heavy atom. The third kappa shape index (κ3) is 2.55. The topological polar surface area (TPSA) is 19.0 Å². The zero-order valence-electron chi connectivity index (χ0n) is 12.0. The van der Waals surface area contributed by atoms with E-state index < -0.39 is 0 Å². The van der Waals surface area contributed by atoms with Crippen molar-refractivity contribution in [3.05, 3.63) is 36.0 Å². The van der Waals surface area contributed by atoms with Gasteiger partial charge in [0.15, 0.2) is 0 Å². The van der Waals surface area contributed by atoms with Crippen LogP contribution < -0.4 is 0 Å². The van der Waals surface area contributed by atoms with E-state index >= 15 is 0 Å². The highest BCUT2D eigenvalue weighted by molar-refractivity contribution is 5.82. The Bertz CT molecular complexity index is 541. The van der Waals surface area contributed by atoms with Gasteiger partial charge in [0.1, 0.15) is 0 Å². The lowest BCUT2D eigenvalue weighted by atomic mass is 9.92. The predicted octanol–water partition coefficient (Wildman–Crippen LogP) is 4.18. The van der Waals surface area contributed by atoms with E-state index in [0.717, 1.165) is 18.5 Å². The third-order valence-corrected chi connectivity index (χ3v) is 4.48. The molecule has 1 saturated heterocycles. The van der Waals surface area contributed by atoms with Crippen molar-refractivity contribution in [2.45, 2.75) is 45.7 Å². The van der Waals surface area contributed by atoms with Gasteiger partial charge in [0.05, 0.1) is 0 Å². The lowest BCUT2D eigenvalue weighted by molar-refractivity contribution is 0.105. The molecule has 1 N–H and O–H groups in total. The van der Waals surface area contributed by atoms with Crippen LogP contribution in [0, 0.1) is 5.92 Å². The Morgan fingerprint density at radius 3 is 2.95 bits per heavy atom. The van der Waals surface area contributed by atoms with E-state index in [2.05, 4.69) is 54.2 Å². The smallest absolute Gasteiger partial charge is 0.0457 e. The molecule has 0 bridgehead atoms. The zero-order chi connectivity index (χ0) is 13.2. The van der Waals surface area contributed by atoms with Crippen molar-refractivity contribution in [2.24, 2.45) is 5.92 Å². The van der Waals surface area contributed by atoms with Crippen LogP contribution in [0.15, 0.2) is 30.5 Å². The van der Waals surface area contributed by atoms with Gasteiger partial charge in [-0.15, -0.1) is 0 Å². The fourth-order valence-corrected chi connectivity index (χ4v) is 3.45. The number of hydrogen-bond acceptors (Lipinski definition) is 1. The maximum absolute atomic E-state index is 3.40. The van der Waals surface area contributed by atoms with E-state index in [1.165, 1.54) is 42.3 Å². The van der Waals surface area contributed by atoms with Gasteiger partial charge in [-0.2, -0.15) is 0 Å². The number of fused-ring (bicyclic) bond motifs is 1. The number of hydrogen-bond donors (Lipinski definition) is 1. The summed E-state index contributed by atoms with van der Waals surface area (Å²) in [5, 5.41) is 1.38. The van der Waals surface area contributed by atoms with Gasteiger partial charge in [-0.05, 0) is 36.9 Å². The number of piperidine rings is 1. The Labute approximate surface area is 115 Å². The van der Waals surface area contributed by atoms with Crippen molar-refractivity contribution in [3.8, 4) is 0 Å². The minimum absolute atomic E-state index is 0.752. The number of benzene rings is 1. The minimum atomic E-state index is 0.752. The first-order chi connectivity index (χ1) is 9.25. The monoisotopic (exact) mass is 256 g/mol. The minimum Gasteiger partial charge on any atom is -0.361 e. The average molecular weight is 256 g/mol. The summed E-state index contributed by atoms with van der Waals surface area (Å²) in [7, 11) is 0. The summed E-state index contributed by atoms with van der Waals surface area (Å²) >= 11 is 0. The molecule has 1 atom stereocenters. The largest absolute Gasteiger partial charge is 0.361 e. The van der Waals surface area contributed by atoms with Crippen molar-refractivity contribution in [3.63, 3.8) is 0 Å². The van der Waals surface area contributed by atoms with E-state index in [0.29, 0.717) is 0 Å². The maximum atomic E-state index is 3.40. The van der Waals surface area contributed by atoms with Crippen LogP contribution in [0.1, 0.15) is 38.7 Å². The molecule has 0 radical (unpaired) electrons. The molecule has 2 heterocycles. The number of rotatable bonds is 3. The molecule has 1 unspecified atom stereocenters. The van der Waals surface area contributed by atoms with Crippen LogP contribution >= 0.6 is 0 Å². The molecule has 0 saturated carbocycles. The van der Waals surface area contributed by atoms with Gasteiger partial charge in [0.2, 0.25) is 0 Å². The van der Waals surface area contributed by atoms with Gasteiger partial charge in [-0.1, -0.05) is 38.5 Å². The lowest BCUT2D eigenvalue weighted by Gasteiger charge is -2.38. The Morgan fingerprint density at radius 1 is 1.26 bits per heavy atom. The van der Waals surface area contributed by atoms with Gasteiger partial charge in [-0.3, -0.25) is 4.90 Å². The molecule has 1 aromatic heterocycles. The van der Waals surface area contributed by atoms with Crippen LogP contribution in [-0.4, -0.2) is 22.5 Å². The highest BCUT2D eigenvalue weighted by Crippen LogP contribution is 2.27. The van der Waals surface area contributed by atoms with E-state index in [1.807, 2.05) is 0 Å². The average Bonchev–Trinajstić information content (AvgIpc) is 2.83. The van der Waals surface area contributed by atoms with Gasteiger partial charge >= 0.3 is 0 Å². The van der Waals surface area contributed by atoms with Crippen LogP contribution in [0.3, 0.4) is 0 Å². The second-order valence-electron chi connectivity index (χ2n) is 6.14. The molecule has 0 spiro atoms. The summed E-state index contributed by atoms with van der Waals surface area (Å²) in [5.74, 6) is 0.755. The first-order valence-electron chi connectivity index (χ1n) is 7.55. The molecule has 1 fully saturated rings. The van der Waals surface area contributed by atoms with Crippen LogP contribution in [0.2, 0.25) is 0 Å². The van der Waals surface area contributed by atoms with Crippen molar-refractivity contribution in [1.29, 1.82) is 0 Å². The first kappa shape index (κ1) is 12.7. The number of likely N-dealkylation sites (tertiary alicyclic amines) is 1. The Hall–Kier alpha value is -1.28. The van der Waals surface area contributed by atoms with Crippen molar-refractivity contribution in [1.82, 2.24) is 9.88 Å². The number of H-pyrrole nitrogens is 1. The van der Waals surface area contributed by atoms with Crippen molar-refractivity contribution < 1.29 is 0 Å². The summed E-state index contributed by atoms with van der Waals surface area (Å²) in [5.41, 5.74) is 2.71.